The van der Waals surface area contributed by atoms with Crippen molar-refractivity contribution < 1.29 is 18.8 Å². The molecule has 0 atom stereocenters. The number of amides is 3. The minimum atomic E-state index is -0.698. The molecule has 0 radical (unpaired) electrons. The molecule has 27 heavy (non-hydrogen) atoms. The highest BCUT2D eigenvalue weighted by molar-refractivity contribution is 7.14. The molecule has 3 N–H and O–H groups in total. The van der Waals surface area contributed by atoms with E-state index in [1.165, 1.54) is 46.4 Å². The number of carbonyl (C=O) groups is 3. The number of halogens is 1. The molecule has 0 aliphatic heterocycles. The normalized spacial score (nSPS) is 13.2. The highest BCUT2D eigenvalue weighted by Crippen LogP contribution is 2.28. The van der Waals surface area contributed by atoms with Gasteiger partial charge in [-0.1, -0.05) is 18.6 Å². The van der Waals surface area contributed by atoms with Crippen molar-refractivity contribution in [3.63, 3.8) is 0 Å². The number of hydrazine groups is 1. The number of thiophene rings is 1. The van der Waals surface area contributed by atoms with Gasteiger partial charge in [0.2, 0.25) is 0 Å². The number of hydrogen-bond acceptors (Lipinski definition) is 4. The summed E-state index contributed by atoms with van der Waals surface area (Å²) in [6.45, 7) is -0.381. The number of rotatable bonds is 4. The molecule has 0 unspecified atom stereocenters. The average molecular weight is 389 g/mol. The summed E-state index contributed by atoms with van der Waals surface area (Å²) in [4.78, 5) is 37.7. The molecular weight excluding hydrogens is 369 g/mol. The summed E-state index contributed by atoms with van der Waals surface area (Å²) in [7, 11) is 0. The Morgan fingerprint density at radius 1 is 1.00 bits per heavy atom. The Balaban J connectivity index is 1.47. The largest absolute Gasteiger partial charge is 0.343 e. The first-order valence-electron chi connectivity index (χ1n) is 8.78. The maximum absolute atomic E-state index is 13.5. The van der Waals surface area contributed by atoms with E-state index in [9.17, 15) is 18.8 Å². The summed E-state index contributed by atoms with van der Waals surface area (Å²) < 4.78 is 13.5. The molecule has 0 saturated heterocycles. The first-order valence-corrected chi connectivity index (χ1v) is 9.60. The molecule has 1 aliphatic rings. The van der Waals surface area contributed by atoms with E-state index < -0.39 is 17.6 Å². The predicted octanol–water partition coefficient (Wildman–Crippen LogP) is 2.35. The van der Waals surface area contributed by atoms with Gasteiger partial charge in [-0.3, -0.25) is 25.2 Å². The van der Waals surface area contributed by atoms with Crippen LogP contribution in [0.5, 0.6) is 0 Å². The summed E-state index contributed by atoms with van der Waals surface area (Å²) in [6.07, 6.45) is 5.43. The minimum absolute atomic E-state index is 0.144. The SMILES string of the molecule is O=C(CNC(=O)c1ccccc1F)NNC(=O)c1cc2c(s1)CCCCC2. The highest BCUT2D eigenvalue weighted by atomic mass is 32.1. The van der Waals surface area contributed by atoms with Gasteiger partial charge >= 0.3 is 0 Å². The molecule has 3 rings (SSSR count). The molecule has 142 valence electrons. The van der Waals surface area contributed by atoms with E-state index in [2.05, 4.69) is 16.2 Å². The van der Waals surface area contributed by atoms with Gasteiger partial charge in [-0.2, -0.15) is 0 Å². The van der Waals surface area contributed by atoms with Crippen LogP contribution in [-0.4, -0.2) is 24.3 Å². The van der Waals surface area contributed by atoms with Crippen molar-refractivity contribution in [2.75, 3.05) is 6.54 Å². The lowest BCUT2D eigenvalue weighted by molar-refractivity contribution is -0.120. The Labute approximate surface area is 160 Å². The van der Waals surface area contributed by atoms with Crippen LogP contribution < -0.4 is 16.2 Å². The van der Waals surface area contributed by atoms with Crippen molar-refractivity contribution in [1.82, 2.24) is 16.2 Å². The number of fused-ring (bicyclic) bond motifs is 1. The highest BCUT2D eigenvalue weighted by Gasteiger charge is 2.17. The van der Waals surface area contributed by atoms with Gasteiger partial charge in [-0.15, -0.1) is 11.3 Å². The maximum atomic E-state index is 13.5. The van der Waals surface area contributed by atoms with E-state index in [0.717, 1.165) is 31.7 Å². The second-order valence-electron chi connectivity index (χ2n) is 6.28. The zero-order chi connectivity index (χ0) is 19.2. The van der Waals surface area contributed by atoms with E-state index >= 15 is 0 Å². The molecular formula is C19H20FN3O3S. The lowest BCUT2D eigenvalue weighted by atomic mass is 10.1. The second-order valence-corrected chi connectivity index (χ2v) is 7.42. The average Bonchev–Trinajstić information content (AvgIpc) is 2.95. The Hall–Kier alpha value is -2.74. The second kappa shape index (κ2) is 8.77. The summed E-state index contributed by atoms with van der Waals surface area (Å²) in [6, 6.07) is 7.37. The van der Waals surface area contributed by atoms with E-state index in [1.54, 1.807) is 0 Å². The van der Waals surface area contributed by atoms with E-state index in [-0.39, 0.29) is 18.0 Å². The van der Waals surface area contributed by atoms with Crippen LogP contribution in [0.4, 0.5) is 4.39 Å². The zero-order valence-corrected chi connectivity index (χ0v) is 15.5. The van der Waals surface area contributed by atoms with Gasteiger partial charge in [-0.25, -0.2) is 4.39 Å². The minimum Gasteiger partial charge on any atom is -0.343 e. The molecule has 3 amide bonds. The van der Waals surface area contributed by atoms with Crippen molar-refractivity contribution in [2.24, 2.45) is 0 Å². The van der Waals surface area contributed by atoms with Gasteiger partial charge in [0, 0.05) is 4.88 Å². The summed E-state index contributed by atoms with van der Waals surface area (Å²) in [5, 5.41) is 2.31. The van der Waals surface area contributed by atoms with Crippen LogP contribution in [0, 0.1) is 5.82 Å². The van der Waals surface area contributed by atoms with Crippen molar-refractivity contribution in [1.29, 1.82) is 0 Å². The third-order valence-electron chi connectivity index (χ3n) is 4.31. The van der Waals surface area contributed by atoms with Gasteiger partial charge in [0.15, 0.2) is 0 Å². The number of hydrogen-bond donors (Lipinski definition) is 3. The first-order chi connectivity index (χ1) is 13.0. The molecule has 0 fully saturated rings. The standard InChI is InChI=1S/C19H20FN3O3S/c20-14-8-5-4-7-13(14)18(25)21-11-17(24)22-23-19(26)16-10-12-6-2-1-3-9-15(12)27-16/h4-5,7-8,10H,1-3,6,9,11H2,(H,21,25)(H,22,24)(H,23,26). The van der Waals surface area contributed by atoms with E-state index in [4.69, 9.17) is 0 Å². The van der Waals surface area contributed by atoms with Crippen LogP contribution >= 0.6 is 11.3 Å². The van der Waals surface area contributed by atoms with Crippen molar-refractivity contribution in [2.45, 2.75) is 32.1 Å². The molecule has 1 heterocycles. The molecule has 6 nitrogen and oxygen atoms in total. The Bertz CT molecular complexity index is 842. The monoisotopic (exact) mass is 389 g/mol. The van der Waals surface area contributed by atoms with E-state index in [0.29, 0.717) is 4.88 Å². The topological polar surface area (TPSA) is 87.3 Å². The fourth-order valence-electron chi connectivity index (χ4n) is 2.91. The third-order valence-corrected chi connectivity index (χ3v) is 5.55. The summed E-state index contributed by atoms with van der Waals surface area (Å²) >= 11 is 1.45. The molecule has 2 aromatic rings. The summed E-state index contributed by atoms with van der Waals surface area (Å²) in [5.41, 5.74) is 5.67. The van der Waals surface area contributed by atoms with Crippen LogP contribution in [-0.2, 0) is 17.6 Å². The summed E-state index contributed by atoms with van der Waals surface area (Å²) in [5.74, 6) is -2.36. The number of nitrogens with one attached hydrogen (secondary N) is 3. The van der Waals surface area contributed by atoms with Gasteiger partial charge in [0.05, 0.1) is 17.0 Å². The lowest BCUT2D eigenvalue weighted by Gasteiger charge is -2.08. The fourth-order valence-corrected chi connectivity index (χ4v) is 4.06. The third kappa shape index (κ3) is 4.91. The number of aryl methyl sites for hydroxylation is 2. The number of carbonyl (C=O) groups excluding carboxylic acids is 3. The molecule has 0 saturated carbocycles. The molecule has 1 aromatic heterocycles. The van der Waals surface area contributed by atoms with Crippen molar-refractivity contribution >= 4 is 29.1 Å². The Morgan fingerprint density at radius 3 is 2.59 bits per heavy atom. The molecule has 8 heteroatoms. The predicted molar refractivity (Wildman–Crippen MR) is 99.9 cm³/mol. The Morgan fingerprint density at radius 2 is 1.78 bits per heavy atom. The molecule has 0 spiro atoms. The van der Waals surface area contributed by atoms with Crippen LogP contribution in [0.3, 0.4) is 0 Å². The molecule has 0 bridgehead atoms. The van der Waals surface area contributed by atoms with Crippen LogP contribution in [0.1, 0.15) is 49.7 Å². The van der Waals surface area contributed by atoms with Gasteiger partial charge in [0.25, 0.3) is 17.7 Å². The number of benzene rings is 1. The quantitative estimate of drug-likeness (QED) is 0.554. The first kappa shape index (κ1) is 19.0. The Kier molecular flexibility index (Phi) is 6.18. The van der Waals surface area contributed by atoms with Gasteiger partial charge in [0.1, 0.15) is 5.82 Å². The smallest absolute Gasteiger partial charge is 0.279 e. The molecule has 1 aliphatic carbocycles. The lowest BCUT2D eigenvalue weighted by Crippen LogP contribution is -2.46. The van der Waals surface area contributed by atoms with E-state index in [1.807, 2.05) is 6.07 Å². The van der Waals surface area contributed by atoms with Crippen LogP contribution in [0.2, 0.25) is 0 Å². The van der Waals surface area contributed by atoms with Crippen LogP contribution in [0.15, 0.2) is 30.3 Å². The molecule has 1 aromatic carbocycles. The van der Waals surface area contributed by atoms with Crippen molar-refractivity contribution in [3.8, 4) is 0 Å². The van der Waals surface area contributed by atoms with Crippen LogP contribution in [0.25, 0.3) is 0 Å². The zero-order valence-electron chi connectivity index (χ0n) is 14.6. The van der Waals surface area contributed by atoms with Gasteiger partial charge < -0.3 is 5.32 Å². The van der Waals surface area contributed by atoms with Crippen molar-refractivity contribution in [3.05, 3.63) is 57.0 Å². The van der Waals surface area contributed by atoms with Gasteiger partial charge in [-0.05, 0) is 49.4 Å². The fraction of sp³-hybridized carbons (Fsp3) is 0.316. The maximum Gasteiger partial charge on any atom is 0.279 e.